The fourth-order valence-electron chi connectivity index (χ4n) is 2.16. The van der Waals surface area contributed by atoms with Gasteiger partial charge in [-0.2, -0.15) is 5.10 Å². The van der Waals surface area contributed by atoms with E-state index in [1.54, 1.807) is 4.68 Å². The number of nitrogens with two attached hydrogens (primary N) is 1. The number of anilines is 1. The van der Waals surface area contributed by atoms with Gasteiger partial charge < -0.3 is 10.5 Å². The number of benzene rings is 1. The van der Waals surface area contributed by atoms with Crippen molar-refractivity contribution in [3.05, 3.63) is 41.2 Å². The minimum absolute atomic E-state index is 0.0767. The number of aromatic nitrogens is 2. The van der Waals surface area contributed by atoms with Crippen molar-refractivity contribution in [3.63, 3.8) is 0 Å². The highest BCUT2D eigenvalue weighted by atomic mass is 16.5. The first-order valence-electron chi connectivity index (χ1n) is 6.89. The number of carbonyl (C=O) groups excluding carboxylic acids is 1. The first-order valence-corrected chi connectivity index (χ1v) is 6.89. The number of rotatable bonds is 4. The first-order chi connectivity index (χ1) is 10.5. The second-order valence-corrected chi connectivity index (χ2v) is 5.18. The van der Waals surface area contributed by atoms with Crippen LogP contribution in [0.4, 0.5) is 11.5 Å². The Morgan fingerprint density at radius 2 is 2.05 bits per heavy atom. The molecule has 0 saturated carbocycles. The van der Waals surface area contributed by atoms with Crippen LogP contribution in [-0.2, 0) is 16.0 Å². The zero-order valence-electron chi connectivity index (χ0n) is 12.8. The molecule has 2 aromatic rings. The topological polar surface area (TPSA) is 74.5 Å². The van der Waals surface area contributed by atoms with E-state index in [9.17, 15) is 4.79 Å². The van der Waals surface area contributed by atoms with Crippen molar-refractivity contribution in [1.82, 2.24) is 9.78 Å². The van der Waals surface area contributed by atoms with Crippen LogP contribution in [0.5, 0.6) is 0 Å². The van der Waals surface area contributed by atoms with E-state index in [-0.39, 0.29) is 18.4 Å². The summed E-state index contributed by atoms with van der Waals surface area (Å²) in [5.74, 6) is 0.0848. The second kappa shape index (κ2) is 6.31. The Hall–Kier alpha value is -2.81. The quantitative estimate of drug-likeness (QED) is 0.695. The predicted octanol–water partition coefficient (Wildman–Crippen LogP) is 2.98. The maximum absolute atomic E-state index is 11.3. The minimum atomic E-state index is -0.289. The lowest BCUT2D eigenvalue weighted by molar-refractivity contribution is -0.139. The van der Waals surface area contributed by atoms with Crippen LogP contribution >= 0.6 is 0 Å². The molecule has 0 aliphatic rings. The zero-order valence-corrected chi connectivity index (χ0v) is 12.8. The molecular weight excluding hydrogens is 280 g/mol. The summed E-state index contributed by atoms with van der Waals surface area (Å²) in [7, 11) is 1.36. The standard InChI is InChI=1S/C16H18N4O2/c1-10(2)20-16(17)15(18-3)14(19-20)12-7-5-11(6-8-12)9-13(21)22-4/h5-8,10H,9,17H2,1-2,4H3. The number of hydrogen-bond donors (Lipinski definition) is 1. The van der Waals surface area contributed by atoms with E-state index < -0.39 is 0 Å². The Balaban J connectivity index is 2.38. The Bertz CT molecular complexity index is 724. The lowest BCUT2D eigenvalue weighted by Gasteiger charge is -2.07. The molecule has 0 radical (unpaired) electrons. The minimum Gasteiger partial charge on any atom is -0.469 e. The molecule has 22 heavy (non-hydrogen) atoms. The van der Waals surface area contributed by atoms with E-state index >= 15 is 0 Å². The first kappa shape index (κ1) is 15.6. The molecular formula is C16H18N4O2. The van der Waals surface area contributed by atoms with Gasteiger partial charge in [0.05, 0.1) is 20.1 Å². The van der Waals surface area contributed by atoms with Crippen molar-refractivity contribution in [2.45, 2.75) is 26.3 Å². The zero-order chi connectivity index (χ0) is 16.3. The van der Waals surface area contributed by atoms with Crippen molar-refractivity contribution in [2.75, 3.05) is 12.8 Å². The van der Waals surface area contributed by atoms with E-state index in [4.69, 9.17) is 12.3 Å². The Kier molecular flexibility index (Phi) is 4.47. The molecule has 0 aliphatic heterocycles. The molecule has 0 unspecified atom stereocenters. The van der Waals surface area contributed by atoms with Gasteiger partial charge in [-0.05, 0) is 25.0 Å². The highest BCUT2D eigenvalue weighted by Gasteiger charge is 2.18. The summed E-state index contributed by atoms with van der Waals surface area (Å²) in [6.07, 6.45) is 0.217. The van der Waals surface area contributed by atoms with E-state index in [1.807, 2.05) is 38.1 Å². The smallest absolute Gasteiger partial charge is 0.309 e. The summed E-state index contributed by atoms with van der Waals surface area (Å²) < 4.78 is 6.28. The van der Waals surface area contributed by atoms with Crippen molar-refractivity contribution >= 4 is 17.5 Å². The summed E-state index contributed by atoms with van der Waals surface area (Å²) in [6.45, 7) is 11.2. The van der Waals surface area contributed by atoms with Crippen LogP contribution in [-0.4, -0.2) is 22.9 Å². The second-order valence-electron chi connectivity index (χ2n) is 5.18. The van der Waals surface area contributed by atoms with E-state index in [0.29, 0.717) is 17.2 Å². The van der Waals surface area contributed by atoms with Gasteiger partial charge in [-0.1, -0.05) is 24.3 Å². The van der Waals surface area contributed by atoms with E-state index in [2.05, 4.69) is 14.7 Å². The monoisotopic (exact) mass is 298 g/mol. The van der Waals surface area contributed by atoms with Crippen molar-refractivity contribution in [2.24, 2.45) is 0 Å². The maximum atomic E-state index is 11.3. The highest BCUT2D eigenvalue weighted by molar-refractivity contribution is 5.83. The van der Waals surface area contributed by atoms with E-state index in [0.717, 1.165) is 11.1 Å². The Morgan fingerprint density at radius 1 is 1.41 bits per heavy atom. The third-order valence-electron chi connectivity index (χ3n) is 3.33. The fraction of sp³-hybridized carbons (Fsp3) is 0.312. The average molecular weight is 298 g/mol. The molecule has 0 amide bonds. The molecule has 0 bridgehead atoms. The van der Waals surface area contributed by atoms with Gasteiger partial charge in [-0.25, -0.2) is 4.85 Å². The molecule has 6 heteroatoms. The van der Waals surface area contributed by atoms with Crippen LogP contribution in [0.2, 0.25) is 0 Å². The van der Waals surface area contributed by atoms with Crippen molar-refractivity contribution < 1.29 is 9.53 Å². The van der Waals surface area contributed by atoms with Gasteiger partial charge in [-0.15, -0.1) is 0 Å². The van der Waals surface area contributed by atoms with Gasteiger partial charge in [-0.3, -0.25) is 9.48 Å². The van der Waals surface area contributed by atoms with Crippen LogP contribution in [0, 0.1) is 6.57 Å². The van der Waals surface area contributed by atoms with Gasteiger partial charge in [0.25, 0.3) is 5.69 Å². The summed E-state index contributed by atoms with van der Waals surface area (Å²) in [5, 5.41) is 4.44. The molecule has 0 atom stereocenters. The third-order valence-corrected chi connectivity index (χ3v) is 3.33. The summed E-state index contributed by atoms with van der Waals surface area (Å²) in [5.41, 5.74) is 8.55. The number of methoxy groups -OCH3 is 1. The molecule has 0 saturated heterocycles. The van der Waals surface area contributed by atoms with Gasteiger partial charge in [0.1, 0.15) is 11.5 Å². The molecule has 1 aromatic carbocycles. The molecule has 1 aromatic heterocycles. The van der Waals surface area contributed by atoms with Crippen LogP contribution in [0.25, 0.3) is 16.1 Å². The number of ether oxygens (including phenoxy) is 1. The molecule has 1 heterocycles. The Morgan fingerprint density at radius 3 is 2.55 bits per heavy atom. The van der Waals surface area contributed by atoms with Crippen LogP contribution in [0.15, 0.2) is 24.3 Å². The normalized spacial score (nSPS) is 10.5. The van der Waals surface area contributed by atoms with Crippen molar-refractivity contribution in [1.29, 1.82) is 0 Å². The Labute approximate surface area is 129 Å². The lowest BCUT2D eigenvalue weighted by atomic mass is 10.1. The largest absolute Gasteiger partial charge is 0.469 e. The molecule has 0 spiro atoms. The molecule has 2 rings (SSSR count). The van der Waals surface area contributed by atoms with Gasteiger partial charge >= 0.3 is 5.97 Å². The lowest BCUT2D eigenvalue weighted by Crippen LogP contribution is -2.06. The highest BCUT2D eigenvalue weighted by Crippen LogP contribution is 2.36. The molecule has 6 nitrogen and oxygen atoms in total. The van der Waals surface area contributed by atoms with Crippen LogP contribution in [0.1, 0.15) is 25.5 Å². The number of carbonyl (C=O) groups is 1. The van der Waals surface area contributed by atoms with Gasteiger partial charge in [0, 0.05) is 6.04 Å². The number of nitrogen functional groups attached to an aromatic ring is 1. The predicted molar refractivity (Wildman–Crippen MR) is 84.4 cm³/mol. The summed E-state index contributed by atoms with van der Waals surface area (Å²) in [4.78, 5) is 14.8. The molecule has 0 fully saturated rings. The molecule has 114 valence electrons. The summed E-state index contributed by atoms with van der Waals surface area (Å²) in [6, 6.07) is 7.39. The maximum Gasteiger partial charge on any atom is 0.309 e. The van der Waals surface area contributed by atoms with Crippen molar-refractivity contribution in [3.8, 4) is 11.3 Å². The number of hydrogen-bond acceptors (Lipinski definition) is 4. The van der Waals surface area contributed by atoms with E-state index in [1.165, 1.54) is 7.11 Å². The number of esters is 1. The molecule has 0 aliphatic carbocycles. The van der Waals surface area contributed by atoms with Gasteiger partial charge in [0.2, 0.25) is 0 Å². The van der Waals surface area contributed by atoms with Crippen LogP contribution in [0.3, 0.4) is 0 Å². The molecule has 2 N–H and O–H groups in total. The SMILES string of the molecule is [C-]#[N+]c1c(-c2ccc(CC(=O)OC)cc2)nn(C(C)C)c1N. The average Bonchev–Trinajstić information content (AvgIpc) is 2.84. The number of nitrogens with zero attached hydrogens (tertiary/aromatic N) is 3. The third kappa shape index (κ3) is 2.93. The van der Waals surface area contributed by atoms with Gasteiger partial charge in [0.15, 0.2) is 0 Å². The fourth-order valence-corrected chi connectivity index (χ4v) is 2.16. The van der Waals surface area contributed by atoms with Crippen LogP contribution < -0.4 is 5.73 Å². The summed E-state index contributed by atoms with van der Waals surface area (Å²) >= 11 is 0.